The van der Waals surface area contributed by atoms with Crippen LogP contribution in [0.25, 0.3) is 0 Å². The van der Waals surface area contributed by atoms with Crippen molar-refractivity contribution in [2.45, 2.75) is 53.2 Å². The molecular formula is C24H29FN2O2. The van der Waals surface area contributed by atoms with Gasteiger partial charge in [-0.15, -0.1) is 0 Å². The highest BCUT2D eigenvalue weighted by Crippen LogP contribution is 2.24. The van der Waals surface area contributed by atoms with Crippen LogP contribution in [0.1, 0.15) is 50.3 Å². The van der Waals surface area contributed by atoms with E-state index in [1.807, 2.05) is 52.0 Å². The van der Waals surface area contributed by atoms with Crippen molar-refractivity contribution < 1.29 is 14.0 Å². The molecular weight excluding hydrogens is 367 g/mol. The topological polar surface area (TPSA) is 41.9 Å². The van der Waals surface area contributed by atoms with Gasteiger partial charge < -0.3 is 9.74 Å². The molecule has 0 aliphatic carbocycles. The molecule has 1 heterocycles. The minimum Gasteiger partial charge on any atom is -0.390 e. The number of rotatable bonds is 6. The molecule has 4 nitrogen and oxygen atoms in total. The van der Waals surface area contributed by atoms with Crippen molar-refractivity contribution in [3.63, 3.8) is 0 Å². The van der Waals surface area contributed by atoms with Gasteiger partial charge in [0, 0.05) is 24.9 Å². The fourth-order valence-corrected chi connectivity index (χ4v) is 3.34. The molecule has 1 atom stereocenters. The molecule has 5 heteroatoms. The van der Waals surface area contributed by atoms with Crippen molar-refractivity contribution in [1.29, 1.82) is 0 Å². The first-order chi connectivity index (χ1) is 13.7. The maximum absolute atomic E-state index is 14.2. The maximum atomic E-state index is 14.2. The van der Waals surface area contributed by atoms with Crippen molar-refractivity contribution in [1.82, 2.24) is 4.90 Å². The number of carbonyl (C=O) groups is 1. The lowest BCUT2D eigenvalue weighted by molar-refractivity contribution is -0.135. The van der Waals surface area contributed by atoms with Gasteiger partial charge in [0.05, 0.1) is 12.3 Å². The number of benzene rings is 2. The molecule has 0 radical (unpaired) electrons. The van der Waals surface area contributed by atoms with Gasteiger partial charge in [0.2, 0.25) is 5.91 Å². The minimum atomic E-state index is -0.301. The summed E-state index contributed by atoms with van der Waals surface area (Å²) in [6.07, 6.45) is 0.779. The van der Waals surface area contributed by atoms with E-state index >= 15 is 0 Å². The molecule has 0 saturated carbocycles. The number of amides is 1. The number of carbonyl (C=O) groups excluding carboxylic acids is 1. The SMILES string of the molecule is Cc1ccc(C2=NO[C@H](CN(Cc3ccccc3F)C(=O)CC(C)(C)C)C2)cc1. The average Bonchev–Trinajstić information content (AvgIpc) is 3.10. The normalized spacial score (nSPS) is 16.3. The molecule has 2 aromatic rings. The van der Waals surface area contributed by atoms with Gasteiger partial charge in [-0.1, -0.05) is 74.0 Å². The van der Waals surface area contributed by atoms with E-state index in [9.17, 15) is 9.18 Å². The van der Waals surface area contributed by atoms with Crippen LogP contribution in [0.5, 0.6) is 0 Å². The highest BCUT2D eigenvalue weighted by Gasteiger charge is 2.29. The van der Waals surface area contributed by atoms with Crippen LogP contribution in [0.2, 0.25) is 0 Å². The van der Waals surface area contributed by atoms with E-state index in [1.54, 1.807) is 23.1 Å². The second-order valence-corrected chi connectivity index (χ2v) is 8.94. The Morgan fingerprint density at radius 1 is 1.17 bits per heavy atom. The van der Waals surface area contributed by atoms with Gasteiger partial charge in [-0.2, -0.15) is 0 Å². The molecule has 2 aromatic carbocycles. The number of nitrogens with zero attached hydrogens (tertiary/aromatic N) is 2. The molecule has 0 saturated heterocycles. The summed E-state index contributed by atoms with van der Waals surface area (Å²) in [6.45, 7) is 8.72. The second kappa shape index (κ2) is 8.76. The largest absolute Gasteiger partial charge is 0.390 e. The summed E-state index contributed by atoms with van der Waals surface area (Å²) in [5, 5.41) is 4.23. The van der Waals surface area contributed by atoms with E-state index in [4.69, 9.17) is 4.84 Å². The summed E-state index contributed by atoms with van der Waals surface area (Å²) < 4.78 is 14.2. The Morgan fingerprint density at radius 2 is 1.86 bits per heavy atom. The molecule has 1 aliphatic heterocycles. The number of halogens is 1. The summed E-state index contributed by atoms with van der Waals surface area (Å²) in [5.74, 6) is -0.307. The highest BCUT2D eigenvalue weighted by molar-refractivity contribution is 6.01. The molecule has 154 valence electrons. The number of aryl methyl sites for hydroxylation is 1. The van der Waals surface area contributed by atoms with Gasteiger partial charge in [-0.3, -0.25) is 4.79 Å². The molecule has 1 aliphatic rings. The second-order valence-electron chi connectivity index (χ2n) is 8.94. The van der Waals surface area contributed by atoms with Gasteiger partial charge in [0.25, 0.3) is 0 Å². The molecule has 0 fully saturated rings. The lowest BCUT2D eigenvalue weighted by Gasteiger charge is -2.28. The molecule has 1 amide bonds. The standard InChI is InChI=1S/C24H29FN2O2/c1-17-9-11-18(12-10-17)22-13-20(29-26-22)16-27(23(28)14-24(2,3)4)15-19-7-5-6-8-21(19)25/h5-12,20H,13-16H2,1-4H3/t20-/m0/s1. The average molecular weight is 397 g/mol. The Morgan fingerprint density at radius 3 is 2.52 bits per heavy atom. The predicted octanol–water partition coefficient (Wildman–Crippen LogP) is 5.09. The third kappa shape index (κ3) is 5.89. The summed E-state index contributed by atoms with van der Waals surface area (Å²) in [5.41, 5.74) is 3.45. The van der Waals surface area contributed by atoms with Gasteiger partial charge >= 0.3 is 0 Å². The highest BCUT2D eigenvalue weighted by atomic mass is 19.1. The van der Waals surface area contributed by atoms with E-state index in [-0.39, 0.29) is 29.8 Å². The monoisotopic (exact) mass is 396 g/mol. The Balaban J connectivity index is 1.71. The Hall–Kier alpha value is -2.69. The van der Waals surface area contributed by atoms with E-state index in [2.05, 4.69) is 5.16 Å². The fraction of sp³-hybridized carbons (Fsp3) is 0.417. The molecule has 0 unspecified atom stereocenters. The smallest absolute Gasteiger partial charge is 0.223 e. The zero-order valence-electron chi connectivity index (χ0n) is 17.6. The summed E-state index contributed by atoms with van der Waals surface area (Å²) >= 11 is 0. The molecule has 0 aromatic heterocycles. The Labute approximate surface area is 172 Å². The van der Waals surface area contributed by atoms with Crippen molar-refractivity contribution in [3.05, 3.63) is 71.0 Å². The Kier molecular flexibility index (Phi) is 6.36. The zero-order valence-corrected chi connectivity index (χ0v) is 17.6. The quantitative estimate of drug-likeness (QED) is 0.682. The molecule has 0 spiro atoms. The molecule has 0 N–H and O–H groups in total. The van der Waals surface area contributed by atoms with Gasteiger partial charge in [0.15, 0.2) is 6.10 Å². The van der Waals surface area contributed by atoms with E-state index < -0.39 is 0 Å². The van der Waals surface area contributed by atoms with Crippen LogP contribution in [-0.2, 0) is 16.2 Å². The van der Waals surface area contributed by atoms with Crippen LogP contribution in [0.3, 0.4) is 0 Å². The van der Waals surface area contributed by atoms with Crippen molar-refractivity contribution in [2.24, 2.45) is 10.6 Å². The molecule has 29 heavy (non-hydrogen) atoms. The van der Waals surface area contributed by atoms with Crippen LogP contribution in [0, 0.1) is 18.2 Å². The summed E-state index contributed by atoms with van der Waals surface area (Å²) in [7, 11) is 0. The number of hydrogen-bond donors (Lipinski definition) is 0. The zero-order chi connectivity index (χ0) is 21.0. The van der Waals surface area contributed by atoms with Gasteiger partial charge in [-0.25, -0.2) is 4.39 Å². The lowest BCUT2D eigenvalue weighted by atomic mass is 9.91. The first kappa shape index (κ1) is 21.0. The molecule has 0 bridgehead atoms. The van der Waals surface area contributed by atoms with E-state index in [0.717, 1.165) is 11.3 Å². The summed E-state index contributed by atoms with van der Waals surface area (Å²) in [6, 6.07) is 14.7. The minimum absolute atomic E-state index is 0.00635. The van der Waals surface area contributed by atoms with Crippen LogP contribution in [0.4, 0.5) is 4.39 Å². The van der Waals surface area contributed by atoms with E-state index in [1.165, 1.54) is 11.6 Å². The number of hydrogen-bond acceptors (Lipinski definition) is 3. The fourth-order valence-electron chi connectivity index (χ4n) is 3.34. The van der Waals surface area contributed by atoms with Crippen molar-refractivity contribution in [2.75, 3.05) is 6.54 Å². The predicted molar refractivity (Wildman–Crippen MR) is 113 cm³/mol. The lowest BCUT2D eigenvalue weighted by Crippen LogP contribution is -2.39. The van der Waals surface area contributed by atoms with Gasteiger partial charge in [0.1, 0.15) is 5.82 Å². The first-order valence-electron chi connectivity index (χ1n) is 10.0. The van der Waals surface area contributed by atoms with Crippen molar-refractivity contribution in [3.8, 4) is 0 Å². The number of oxime groups is 1. The summed E-state index contributed by atoms with van der Waals surface area (Å²) in [4.78, 5) is 20.3. The first-order valence-corrected chi connectivity index (χ1v) is 10.0. The van der Waals surface area contributed by atoms with Crippen LogP contribution < -0.4 is 0 Å². The van der Waals surface area contributed by atoms with E-state index in [0.29, 0.717) is 24.9 Å². The van der Waals surface area contributed by atoms with Crippen molar-refractivity contribution >= 4 is 11.6 Å². The van der Waals surface area contributed by atoms with Crippen LogP contribution in [0.15, 0.2) is 53.7 Å². The third-order valence-corrected chi connectivity index (χ3v) is 4.90. The van der Waals surface area contributed by atoms with Crippen LogP contribution in [-0.4, -0.2) is 29.2 Å². The Bertz CT molecular complexity index is 884. The van der Waals surface area contributed by atoms with Crippen LogP contribution >= 0.6 is 0 Å². The maximum Gasteiger partial charge on any atom is 0.223 e. The molecule has 3 rings (SSSR count). The third-order valence-electron chi connectivity index (χ3n) is 4.90. The van der Waals surface area contributed by atoms with Gasteiger partial charge in [-0.05, 0) is 24.0 Å².